The fourth-order valence-electron chi connectivity index (χ4n) is 1.74. The van der Waals surface area contributed by atoms with Crippen molar-refractivity contribution in [2.45, 2.75) is 36.9 Å². The highest BCUT2D eigenvalue weighted by molar-refractivity contribution is 7.99. The number of rotatable bonds is 9. The molecule has 0 aliphatic heterocycles. The maximum atomic E-state index is 11.9. The fraction of sp³-hybridized carbons (Fsp3) is 0.727. The van der Waals surface area contributed by atoms with Gasteiger partial charge in [-0.15, -0.1) is 10.2 Å². The van der Waals surface area contributed by atoms with Crippen LogP contribution in [0.1, 0.15) is 24.7 Å². The minimum atomic E-state index is -2.47. The Morgan fingerprint density at radius 2 is 2.25 bits per heavy atom. The lowest BCUT2D eigenvalue weighted by Gasteiger charge is -2.08. The topological polar surface area (TPSA) is 77.2 Å². The van der Waals surface area contributed by atoms with Gasteiger partial charge in [0, 0.05) is 12.5 Å². The average molecular weight is 307 g/mol. The number of thioether (sulfide) groups is 1. The molecule has 1 fully saturated rings. The van der Waals surface area contributed by atoms with Gasteiger partial charge in [-0.25, -0.2) is 8.78 Å². The molecule has 2 rings (SSSR count). The van der Waals surface area contributed by atoms with Gasteiger partial charge in [0.25, 0.3) is 6.43 Å². The number of aromatic nitrogens is 3. The van der Waals surface area contributed by atoms with Gasteiger partial charge in [0.05, 0.1) is 12.4 Å². The summed E-state index contributed by atoms with van der Waals surface area (Å²) in [4.78, 5) is 10.6. The van der Waals surface area contributed by atoms with Crippen LogP contribution in [0.4, 0.5) is 8.78 Å². The van der Waals surface area contributed by atoms with Crippen molar-refractivity contribution in [1.29, 1.82) is 0 Å². The molecule has 112 valence electrons. The average Bonchev–Trinajstić information content (AvgIpc) is 3.13. The largest absolute Gasteiger partial charge is 0.481 e. The predicted octanol–water partition coefficient (Wildman–Crippen LogP) is 1.61. The Morgan fingerprint density at radius 1 is 1.50 bits per heavy atom. The summed E-state index contributed by atoms with van der Waals surface area (Å²) in [5.41, 5.74) is 0. The fourth-order valence-corrected chi connectivity index (χ4v) is 2.48. The van der Waals surface area contributed by atoms with Crippen molar-refractivity contribution in [2.24, 2.45) is 0 Å². The summed E-state index contributed by atoms with van der Waals surface area (Å²) in [5, 5.41) is 17.2. The van der Waals surface area contributed by atoms with E-state index in [1.54, 1.807) is 0 Å². The third-order valence-electron chi connectivity index (χ3n) is 2.69. The van der Waals surface area contributed by atoms with Gasteiger partial charge in [-0.05, 0) is 12.8 Å². The zero-order valence-corrected chi connectivity index (χ0v) is 11.5. The van der Waals surface area contributed by atoms with Gasteiger partial charge in [0.15, 0.2) is 5.16 Å². The quantitative estimate of drug-likeness (QED) is 0.552. The van der Waals surface area contributed by atoms with Crippen LogP contribution in [0.25, 0.3) is 0 Å². The number of hydrogen-bond acceptors (Lipinski definition) is 5. The summed E-state index contributed by atoms with van der Waals surface area (Å²) in [6.45, 7) is -0.434. The van der Waals surface area contributed by atoms with Crippen LogP contribution in [-0.4, -0.2) is 51.2 Å². The molecule has 1 heterocycles. The molecule has 0 amide bonds. The SMILES string of the molecule is O=C(O)CSc1nnc(CCOCC(F)F)n1C1CC1. The van der Waals surface area contributed by atoms with Gasteiger partial charge in [0.1, 0.15) is 12.4 Å². The van der Waals surface area contributed by atoms with Crippen LogP contribution in [0.2, 0.25) is 0 Å². The molecular weight excluding hydrogens is 292 g/mol. The second-order valence-electron chi connectivity index (χ2n) is 4.40. The standard InChI is InChI=1S/C11H15F2N3O3S/c12-8(13)5-19-4-3-9-14-15-11(20-6-10(17)18)16(9)7-1-2-7/h7-8H,1-6H2,(H,17,18). The van der Waals surface area contributed by atoms with E-state index in [0.717, 1.165) is 24.6 Å². The minimum Gasteiger partial charge on any atom is -0.481 e. The Labute approximate surface area is 118 Å². The molecule has 0 radical (unpaired) electrons. The monoisotopic (exact) mass is 307 g/mol. The Balaban J connectivity index is 1.92. The molecule has 9 heteroatoms. The van der Waals surface area contributed by atoms with Gasteiger partial charge in [-0.3, -0.25) is 4.79 Å². The van der Waals surface area contributed by atoms with Gasteiger partial charge < -0.3 is 14.4 Å². The molecule has 1 aromatic heterocycles. The van der Waals surface area contributed by atoms with Crippen LogP contribution in [0.3, 0.4) is 0 Å². The number of alkyl halides is 2. The summed E-state index contributed by atoms with van der Waals surface area (Å²) in [5.74, 6) is -0.330. The van der Waals surface area contributed by atoms with Gasteiger partial charge in [-0.1, -0.05) is 11.8 Å². The van der Waals surface area contributed by atoms with Crippen molar-refractivity contribution >= 4 is 17.7 Å². The van der Waals surface area contributed by atoms with Crippen molar-refractivity contribution in [3.63, 3.8) is 0 Å². The van der Waals surface area contributed by atoms with E-state index in [9.17, 15) is 13.6 Å². The Kier molecular flexibility index (Phi) is 5.30. The first-order valence-corrected chi connectivity index (χ1v) is 7.20. The molecule has 20 heavy (non-hydrogen) atoms. The smallest absolute Gasteiger partial charge is 0.313 e. The molecular formula is C11H15F2N3O3S. The number of aliphatic carboxylic acids is 1. The van der Waals surface area contributed by atoms with Crippen LogP contribution >= 0.6 is 11.8 Å². The number of ether oxygens (including phenoxy) is 1. The number of carbonyl (C=O) groups is 1. The summed E-state index contributed by atoms with van der Waals surface area (Å²) in [6, 6.07) is 0.298. The van der Waals surface area contributed by atoms with Gasteiger partial charge in [0.2, 0.25) is 0 Å². The van der Waals surface area contributed by atoms with Crippen molar-refractivity contribution in [3.8, 4) is 0 Å². The number of halogens is 2. The van der Waals surface area contributed by atoms with Crippen molar-refractivity contribution < 1.29 is 23.4 Å². The zero-order valence-electron chi connectivity index (χ0n) is 10.7. The van der Waals surface area contributed by atoms with Crippen LogP contribution in [0.5, 0.6) is 0 Å². The van der Waals surface area contributed by atoms with E-state index < -0.39 is 19.0 Å². The lowest BCUT2D eigenvalue weighted by atomic mass is 10.4. The molecule has 1 aromatic rings. The lowest BCUT2D eigenvalue weighted by Crippen LogP contribution is -2.11. The molecule has 0 spiro atoms. The summed E-state index contributed by atoms with van der Waals surface area (Å²) < 4.78 is 30.6. The first-order valence-electron chi connectivity index (χ1n) is 6.22. The van der Waals surface area contributed by atoms with Crippen LogP contribution in [-0.2, 0) is 16.0 Å². The predicted molar refractivity (Wildman–Crippen MR) is 67.2 cm³/mol. The maximum Gasteiger partial charge on any atom is 0.313 e. The molecule has 0 atom stereocenters. The maximum absolute atomic E-state index is 11.9. The highest BCUT2D eigenvalue weighted by Gasteiger charge is 2.29. The lowest BCUT2D eigenvalue weighted by molar-refractivity contribution is -0.133. The summed E-state index contributed by atoms with van der Waals surface area (Å²) in [6.07, 6.45) is -0.0743. The van der Waals surface area contributed by atoms with E-state index >= 15 is 0 Å². The highest BCUT2D eigenvalue weighted by atomic mass is 32.2. The van der Waals surface area contributed by atoms with E-state index in [4.69, 9.17) is 9.84 Å². The first-order chi connectivity index (χ1) is 9.58. The second-order valence-corrected chi connectivity index (χ2v) is 5.34. The second kappa shape index (κ2) is 6.98. The van der Waals surface area contributed by atoms with E-state index in [1.807, 2.05) is 4.57 Å². The molecule has 1 N–H and O–H groups in total. The van der Waals surface area contributed by atoms with E-state index in [-0.39, 0.29) is 12.4 Å². The first kappa shape index (κ1) is 15.2. The highest BCUT2D eigenvalue weighted by Crippen LogP contribution is 2.38. The molecule has 1 saturated carbocycles. The van der Waals surface area contributed by atoms with Crippen molar-refractivity contribution in [3.05, 3.63) is 5.82 Å². The Bertz CT molecular complexity index is 466. The molecule has 0 saturated heterocycles. The van der Waals surface area contributed by atoms with Crippen molar-refractivity contribution in [2.75, 3.05) is 19.0 Å². The normalized spacial score (nSPS) is 14.9. The van der Waals surface area contributed by atoms with Gasteiger partial charge in [-0.2, -0.15) is 0 Å². The third-order valence-corrected chi connectivity index (χ3v) is 3.61. The number of carboxylic acid groups (broad SMARTS) is 1. The Morgan fingerprint density at radius 3 is 2.85 bits per heavy atom. The summed E-state index contributed by atoms with van der Waals surface area (Å²) in [7, 11) is 0. The molecule has 0 unspecified atom stereocenters. The summed E-state index contributed by atoms with van der Waals surface area (Å²) >= 11 is 1.12. The number of carboxylic acids is 1. The molecule has 1 aliphatic rings. The van der Waals surface area contributed by atoms with E-state index in [0.29, 0.717) is 23.4 Å². The molecule has 6 nitrogen and oxygen atoms in total. The van der Waals surface area contributed by atoms with E-state index in [2.05, 4.69) is 10.2 Å². The number of hydrogen-bond donors (Lipinski definition) is 1. The van der Waals surface area contributed by atoms with Crippen LogP contribution in [0, 0.1) is 0 Å². The van der Waals surface area contributed by atoms with Crippen LogP contribution < -0.4 is 0 Å². The Hall–Kier alpha value is -1.22. The van der Waals surface area contributed by atoms with Gasteiger partial charge >= 0.3 is 5.97 Å². The zero-order chi connectivity index (χ0) is 14.5. The van der Waals surface area contributed by atoms with Crippen LogP contribution in [0.15, 0.2) is 5.16 Å². The molecule has 0 bridgehead atoms. The minimum absolute atomic E-state index is 0.0767. The number of nitrogens with zero attached hydrogens (tertiary/aromatic N) is 3. The molecule has 0 aromatic carbocycles. The third kappa shape index (κ3) is 4.41. The van der Waals surface area contributed by atoms with Crippen molar-refractivity contribution in [1.82, 2.24) is 14.8 Å². The molecule has 1 aliphatic carbocycles. The van der Waals surface area contributed by atoms with E-state index in [1.165, 1.54) is 0 Å².